The fraction of sp³-hybridized carbons (Fsp3) is 0.400. The average Bonchev–Trinajstić information content (AvgIpc) is 2.80. The minimum absolute atomic E-state index is 0.358. The van der Waals surface area contributed by atoms with Crippen LogP contribution >= 0.6 is 27.3 Å². The van der Waals surface area contributed by atoms with Crippen LogP contribution in [0.3, 0.4) is 0 Å². The largest absolute Gasteiger partial charge is 0.310 e. The summed E-state index contributed by atoms with van der Waals surface area (Å²) in [6.07, 6.45) is 4.06. The van der Waals surface area contributed by atoms with E-state index >= 15 is 0 Å². The standard InChI is InChI=1S/C15H19BrN2S/c1-3-6-18-14(10-15-13(16)5-8-19-15)12-4-7-17-11(2)9-12/h4-5,7-9,14,18H,3,6,10H2,1-2H3. The number of nitrogens with one attached hydrogen (secondary N) is 1. The molecule has 2 heterocycles. The molecule has 2 rings (SSSR count). The fourth-order valence-electron chi connectivity index (χ4n) is 2.07. The Morgan fingerprint density at radius 3 is 2.89 bits per heavy atom. The summed E-state index contributed by atoms with van der Waals surface area (Å²) in [6.45, 7) is 5.28. The van der Waals surface area contributed by atoms with Gasteiger partial charge in [0, 0.05) is 33.7 Å². The van der Waals surface area contributed by atoms with E-state index < -0.39 is 0 Å². The molecule has 0 aromatic carbocycles. The van der Waals surface area contributed by atoms with E-state index in [1.165, 1.54) is 14.9 Å². The molecule has 19 heavy (non-hydrogen) atoms. The molecule has 0 aliphatic carbocycles. The molecule has 0 radical (unpaired) electrons. The Balaban J connectivity index is 2.18. The molecule has 0 bridgehead atoms. The first kappa shape index (κ1) is 14.7. The number of nitrogens with zero attached hydrogens (tertiary/aromatic N) is 1. The molecule has 1 N–H and O–H groups in total. The highest BCUT2D eigenvalue weighted by molar-refractivity contribution is 9.10. The van der Waals surface area contributed by atoms with Crippen molar-refractivity contribution in [1.29, 1.82) is 0 Å². The third-order valence-corrected chi connectivity index (χ3v) is 4.99. The summed E-state index contributed by atoms with van der Waals surface area (Å²) in [5.74, 6) is 0. The van der Waals surface area contributed by atoms with Crippen LogP contribution in [-0.2, 0) is 6.42 Å². The molecule has 1 atom stereocenters. The molecular weight excluding hydrogens is 320 g/mol. The second-order valence-corrected chi connectivity index (χ2v) is 6.49. The van der Waals surface area contributed by atoms with Crippen LogP contribution in [-0.4, -0.2) is 11.5 Å². The van der Waals surface area contributed by atoms with Crippen LogP contribution in [0.25, 0.3) is 0 Å². The molecule has 0 spiro atoms. The summed E-state index contributed by atoms with van der Waals surface area (Å²) < 4.78 is 1.21. The molecule has 0 fully saturated rings. The number of hydrogen-bond donors (Lipinski definition) is 1. The van der Waals surface area contributed by atoms with Gasteiger partial charge in [-0.3, -0.25) is 4.98 Å². The lowest BCUT2D eigenvalue weighted by atomic mass is 10.0. The molecule has 0 aliphatic heterocycles. The van der Waals surface area contributed by atoms with Gasteiger partial charge in [0.15, 0.2) is 0 Å². The smallest absolute Gasteiger partial charge is 0.0375 e. The maximum atomic E-state index is 4.28. The van der Waals surface area contributed by atoms with E-state index in [-0.39, 0.29) is 0 Å². The zero-order chi connectivity index (χ0) is 13.7. The van der Waals surface area contributed by atoms with Crippen molar-refractivity contribution in [2.24, 2.45) is 0 Å². The van der Waals surface area contributed by atoms with Crippen molar-refractivity contribution >= 4 is 27.3 Å². The van der Waals surface area contributed by atoms with E-state index in [9.17, 15) is 0 Å². The minimum Gasteiger partial charge on any atom is -0.310 e. The molecule has 102 valence electrons. The molecule has 2 aromatic rings. The number of pyridine rings is 1. The zero-order valence-corrected chi connectivity index (χ0v) is 13.7. The van der Waals surface area contributed by atoms with Crippen molar-refractivity contribution in [3.05, 3.63) is 50.4 Å². The summed E-state index contributed by atoms with van der Waals surface area (Å²) >= 11 is 5.43. The lowest BCUT2D eigenvalue weighted by molar-refractivity contribution is 0.531. The second-order valence-electron chi connectivity index (χ2n) is 4.63. The van der Waals surface area contributed by atoms with Gasteiger partial charge >= 0.3 is 0 Å². The number of rotatable bonds is 6. The van der Waals surface area contributed by atoms with Crippen molar-refractivity contribution in [1.82, 2.24) is 10.3 Å². The Hall–Kier alpha value is -0.710. The first-order valence-electron chi connectivity index (χ1n) is 6.58. The van der Waals surface area contributed by atoms with Crippen LogP contribution in [0.4, 0.5) is 0 Å². The molecule has 4 heteroatoms. The van der Waals surface area contributed by atoms with Gasteiger partial charge in [0.05, 0.1) is 0 Å². The maximum Gasteiger partial charge on any atom is 0.0375 e. The Kier molecular flexibility index (Phi) is 5.55. The molecule has 0 saturated heterocycles. The normalized spacial score (nSPS) is 12.6. The summed E-state index contributed by atoms with van der Waals surface area (Å²) in [6, 6.07) is 6.77. The van der Waals surface area contributed by atoms with E-state index in [2.05, 4.69) is 56.7 Å². The predicted molar refractivity (Wildman–Crippen MR) is 85.7 cm³/mol. The van der Waals surface area contributed by atoms with Crippen LogP contribution in [0.1, 0.15) is 35.5 Å². The van der Waals surface area contributed by atoms with Crippen LogP contribution in [0, 0.1) is 6.92 Å². The zero-order valence-electron chi connectivity index (χ0n) is 11.3. The van der Waals surface area contributed by atoms with Gasteiger partial charge in [-0.2, -0.15) is 0 Å². The highest BCUT2D eigenvalue weighted by atomic mass is 79.9. The summed E-state index contributed by atoms with van der Waals surface area (Å²) in [4.78, 5) is 5.67. The third kappa shape index (κ3) is 4.13. The lowest BCUT2D eigenvalue weighted by Crippen LogP contribution is -2.24. The van der Waals surface area contributed by atoms with Crippen molar-refractivity contribution in [2.75, 3.05) is 6.54 Å². The van der Waals surface area contributed by atoms with Gasteiger partial charge < -0.3 is 5.32 Å². The summed E-state index contributed by atoms with van der Waals surface area (Å²) in [5.41, 5.74) is 2.40. The summed E-state index contributed by atoms with van der Waals surface area (Å²) in [5, 5.41) is 5.77. The van der Waals surface area contributed by atoms with Gasteiger partial charge in [-0.15, -0.1) is 11.3 Å². The molecular formula is C15H19BrN2S. The van der Waals surface area contributed by atoms with Crippen molar-refractivity contribution in [3.8, 4) is 0 Å². The monoisotopic (exact) mass is 338 g/mol. The summed E-state index contributed by atoms with van der Waals surface area (Å²) in [7, 11) is 0. The van der Waals surface area contributed by atoms with Gasteiger partial charge in [0.2, 0.25) is 0 Å². The van der Waals surface area contributed by atoms with Crippen molar-refractivity contribution < 1.29 is 0 Å². The Morgan fingerprint density at radius 1 is 1.42 bits per heavy atom. The molecule has 0 aliphatic rings. The van der Waals surface area contributed by atoms with E-state index in [0.717, 1.165) is 25.1 Å². The van der Waals surface area contributed by atoms with Crippen LogP contribution in [0.15, 0.2) is 34.2 Å². The van der Waals surface area contributed by atoms with Crippen molar-refractivity contribution in [3.63, 3.8) is 0 Å². The van der Waals surface area contributed by atoms with E-state index in [0.29, 0.717) is 6.04 Å². The number of thiophene rings is 1. The average molecular weight is 339 g/mol. The van der Waals surface area contributed by atoms with Gasteiger partial charge in [0.1, 0.15) is 0 Å². The maximum absolute atomic E-state index is 4.28. The lowest BCUT2D eigenvalue weighted by Gasteiger charge is -2.19. The van der Waals surface area contributed by atoms with Gasteiger partial charge in [-0.05, 0) is 65.0 Å². The number of halogens is 1. The third-order valence-electron chi connectivity index (χ3n) is 3.04. The second kappa shape index (κ2) is 7.17. The van der Waals surface area contributed by atoms with Gasteiger partial charge in [-0.1, -0.05) is 6.92 Å². The molecule has 0 amide bonds. The number of hydrogen-bond acceptors (Lipinski definition) is 3. The van der Waals surface area contributed by atoms with Crippen LogP contribution < -0.4 is 5.32 Å². The highest BCUT2D eigenvalue weighted by Crippen LogP contribution is 2.28. The fourth-order valence-corrected chi connectivity index (χ4v) is 3.63. The van der Waals surface area contributed by atoms with Gasteiger partial charge in [0.25, 0.3) is 0 Å². The molecule has 1 unspecified atom stereocenters. The first-order valence-corrected chi connectivity index (χ1v) is 8.25. The Morgan fingerprint density at radius 2 is 2.26 bits per heavy atom. The molecule has 0 saturated carbocycles. The Labute approximate surface area is 127 Å². The SMILES string of the molecule is CCCNC(Cc1sccc1Br)c1ccnc(C)c1. The van der Waals surface area contributed by atoms with E-state index in [1.807, 2.05) is 24.5 Å². The predicted octanol–water partition coefficient (Wildman–Crippen LogP) is 4.50. The van der Waals surface area contributed by atoms with Gasteiger partial charge in [-0.25, -0.2) is 0 Å². The molecule has 2 nitrogen and oxygen atoms in total. The number of aryl methyl sites for hydroxylation is 1. The van der Waals surface area contributed by atoms with E-state index in [4.69, 9.17) is 0 Å². The Bertz CT molecular complexity index is 524. The molecule has 2 aromatic heterocycles. The van der Waals surface area contributed by atoms with Crippen LogP contribution in [0.5, 0.6) is 0 Å². The quantitative estimate of drug-likeness (QED) is 0.838. The topological polar surface area (TPSA) is 24.9 Å². The van der Waals surface area contributed by atoms with E-state index in [1.54, 1.807) is 0 Å². The van der Waals surface area contributed by atoms with Crippen molar-refractivity contribution in [2.45, 2.75) is 32.7 Å². The van der Waals surface area contributed by atoms with Crippen LogP contribution in [0.2, 0.25) is 0 Å². The first-order chi connectivity index (χ1) is 9.20. The highest BCUT2D eigenvalue weighted by Gasteiger charge is 2.14. The number of aromatic nitrogens is 1. The minimum atomic E-state index is 0.358.